The maximum atomic E-state index is 12.1. The molecule has 0 aliphatic heterocycles. The van der Waals surface area contributed by atoms with Gasteiger partial charge in [0.15, 0.2) is 6.61 Å². The Balaban J connectivity index is 2.63. The molecule has 144 valence electrons. The number of H-pyrrole nitrogens is 1. The Labute approximate surface area is 151 Å². The van der Waals surface area contributed by atoms with Gasteiger partial charge in [-0.25, -0.2) is 14.4 Å². The largest absolute Gasteiger partial charge is 0.462 e. The lowest BCUT2D eigenvalue weighted by molar-refractivity contribution is -0.123. The van der Waals surface area contributed by atoms with E-state index in [-0.39, 0.29) is 23.8 Å². The molecule has 0 unspecified atom stereocenters. The SMILES string of the molecule is CCOC(=O)c1c(C)[nH]c(C(=O)OCC(=O)NC(=O)NCC(C)C)c1C. The molecule has 0 fully saturated rings. The zero-order valence-electron chi connectivity index (χ0n) is 15.6. The maximum Gasteiger partial charge on any atom is 0.355 e. The zero-order valence-corrected chi connectivity index (χ0v) is 15.6. The highest BCUT2D eigenvalue weighted by atomic mass is 16.5. The molecule has 1 heterocycles. The van der Waals surface area contributed by atoms with Crippen molar-refractivity contribution in [3.05, 3.63) is 22.5 Å². The average molecular weight is 367 g/mol. The van der Waals surface area contributed by atoms with E-state index in [4.69, 9.17) is 9.47 Å². The molecule has 0 aromatic carbocycles. The van der Waals surface area contributed by atoms with Crippen LogP contribution in [0.15, 0.2) is 0 Å². The standard InChI is InChI=1S/C17H25N3O6/c1-6-25-15(22)13-10(4)14(19-11(13)5)16(23)26-8-12(21)20-17(24)18-7-9(2)3/h9,19H,6-8H2,1-5H3,(H2,18,20,21,24). The number of carbonyl (C=O) groups is 4. The molecule has 0 bridgehead atoms. The third-order valence-electron chi connectivity index (χ3n) is 3.38. The fraction of sp³-hybridized carbons (Fsp3) is 0.529. The normalized spacial score (nSPS) is 10.4. The minimum atomic E-state index is -0.807. The maximum absolute atomic E-state index is 12.1. The summed E-state index contributed by atoms with van der Waals surface area (Å²) in [5.74, 6) is -1.87. The number of nitrogens with one attached hydrogen (secondary N) is 3. The van der Waals surface area contributed by atoms with Gasteiger partial charge in [0.25, 0.3) is 5.91 Å². The van der Waals surface area contributed by atoms with Gasteiger partial charge in [0, 0.05) is 12.2 Å². The van der Waals surface area contributed by atoms with Crippen molar-refractivity contribution < 1.29 is 28.7 Å². The van der Waals surface area contributed by atoms with Crippen molar-refractivity contribution in [1.82, 2.24) is 15.6 Å². The molecule has 26 heavy (non-hydrogen) atoms. The van der Waals surface area contributed by atoms with Crippen LogP contribution in [0.25, 0.3) is 0 Å². The van der Waals surface area contributed by atoms with Gasteiger partial charge in [0.05, 0.1) is 12.2 Å². The number of imide groups is 1. The summed E-state index contributed by atoms with van der Waals surface area (Å²) in [4.78, 5) is 49.9. The molecular formula is C17H25N3O6. The van der Waals surface area contributed by atoms with Crippen LogP contribution in [0.4, 0.5) is 4.79 Å². The fourth-order valence-electron chi connectivity index (χ4n) is 2.17. The van der Waals surface area contributed by atoms with Gasteiger partial charge in [0.1, 0.15) is 5.69 Å². The van der Waals surface area contributed by atoms with Gasteiger partial charge in [-0.3, -0.25) is 10.1 Å². The van der Waals surface area contributed by atoms with Gasteiger partial charge in [-0.1, -0.05) is 13.8 Å². The van der Waals surface area contributed by atoms with Crippen LogP contribution >= 0.6 is 0 Å². The summed E-state index contributed by atoms with van der Waals surface area (Å²) < 4.78 is 9.84. The molecule has 3 amide bonds. The Morgan fingerprint density at radius 3 is 2.31 bits per heavy atom. The highest BCUT2D eigenvalue weighted by molar-refractivity contribution is 6.00. The Hall–Kier alpha value is -2.84. The number of esters is 2. The van der Waals surface area contributed by atoms with Crippen LogP contribution in [0.2, 0.25) is 0 Å². The molecule has 9 nitrogen and oxygen atoms in total. The first-order valence-electron chi connectivity index (χ1n) is 8.28. The van der Waals surface area contributed by atoms with Crippen LogP contribution in [-0.4, -0.2) is 48.6 Å². The smallest absolute Gasteiger partial charge is 0.355 e. The second-order valence-corrected chi connectivity index (χ2v) is 6.07. The molecule has 1 aromatic heterocycles. The van der Waals surface area contributed by atoms with E-state index in [1.165, 1.54) is 0 Å². The molecule has 1 rings (SSSR count). The van der Waals surface area contributed by atoms with Gasteiger partial charge < -0.3 is 19.8 Å². The summed E-state index contributed by atoms with van der Waals surface area (Å²) in [6.45, 7) is 8.70. The summed E-state index contributed by atoms with van der Waals surface area (Å²) >= 11 is 0. The third kappa shape index (κ3) is 5.91. The summed E-state index contributed by atoms with van der Waals surface area (Å²) in [7, 11) is 0. The fourth-order valence-corrected chi connectivity index (χ4v) is 2.17. The lowest BCUT2D eigenvalue weighted by Crippen LogP contribution is -2.42. The Bertz CT molecular complexity index is 693. The van der Waals surface area contributed by atoms with E-state index in [0.29, 0.717) is 17.8 Å². The van der Waals surface area contributed by atoms with Gasteiger partial charge in [0.2, 0.25) is 0 Å². The highest BCUT2D eigenvalue weighted by Gasteiger charge is 2.24. The first-order valence-corrected chi connectivity index (χ1v) is 8.28. The third-order valence-corrected chi connectivity index (χ3v) is 3.38. The summed E-state index contributed by atoms with van der Waals surface area (Å²) in [6.07, 6.45) is 0. The first-order chi connectivity index (χ1) is 12.2. The number of urea groups is 1. The lowest BCUT2D eigenvalue weighted by atomic mass is 10.1. The topological polar surface area (TPSA) is 127 Å². The number of aromatic nitrogens is 1. The Morgan fingerprint density at radius 1 is 1.08 bits per heavy atom. The predicted molar refractivity (Wildman–Crippen MR) is 92.9 cm³/mol. The number of rotatable bonds is 7. The van der Waals surface area contributed by atoms with E-state index >= 15 is 0 Å². The second-order valence-electron chi connectivity index (χ2n) is 6.07. The van der Waals surface area contributed by atoms with E-state index in [2.05, 4.69) is 15.6 Å². The molecule has 0 radical (unpaired) electrons. The van der Waals surface area contributed by atoms with Crippen molar-refractivity contribution in [2.45, 2.75) is 34.6 Å². The van der Waals surface area contributed by atoms with Gasteiger partial charge in [-0.2, -0.15) is 0 Å². The molecule has 3 N–H and O–H groups in total. The number of aromatic amines is 1. The molecule has 0 atom stereocenters. The van der Waals surface area contributed by atoms with Gasteiger partial charge in [-0.15, -0.1) is 0 Å². The van der Waals surface area contributed by atoms with E-state index in [1.54, 1.807) is 20.8 Å². The number of hydrogen-bond donors (Lipinski definition) is 3. The number of aryl methyl sites for hydroxylation is 1. The number of carbonyl (C=O) groups excluding carboxylic acids is 4. The van der Waals surface area contributed by atoms with E-state index in [1.807, 2.05) is 13.8 Å². The molecule has 0 saturated carbocycles. The van der Waals surface area contributed by atoms with E-state index in [0.717, 1.165) is 0 Å². The average Bonchev–Trinajstić information content (AvgIpc) is 2.85. The quantitative estimate of drug-likeness (QED) is 0.626. The summed E-state index contributed by atoms with van der Waals surface area (Å²) in [5.41, 5.74) is 1.16. The van der Waals surface area contributed by atoms with Crippen LogP contribution < -0.4 is 10.6 Å². The lowest BCUT2D eigenvalue weighted by Gasteiger charge is -2.09. The van der Waals surface area contributed by atoms with E-state index in [9.17, 15) is 19.2 Å². The molecule has 0 aliphatic rings. The van der Waals surface area contributed by atoms with Gasteiger partial charge >= 0.3 is 18.0 Å². The first kappa shape index (κ1) is 21.2. The van der Waals surface area contributed by atoms with Crippen molar-refractivity contribution in [3.8, 4) is 0 Å². The van der Waals surface area contributed by atoms with Crippen molar-refractivity contribution in [2.24, 2.45) is 5.92 Å². The minimum absolute atomic E-state index is 0.0580. The molecule has 0 saturated heterocycles. The van der Waals surface area contributed by atoms with Crippen LogP contribution in [0.3, 0.4) is 0 Å². The van der Waals surface area contributed by atoms with E-state index < -0.39 is 30.5 Å². The van der Waals surface area contributed by atoms with Crippen LogP contribution in [-0.2, 0) is 14.3 Å². The summed E-state index contributed by atoms with van der Waals surface area (Å²) in [6, 6.07) is -0.656. The monoisotopic (exact) mass is 367 g/mol. The predicted octanol–water partition coefficient (Wildman–Crippen LogP) is 1.45. The minimum Gasteiger partial charge on any atom is -0.462 e. The molecular weight excluding hydrogens is 342 g/mol. The number of amides is 3. The van der Waals surface area contributed by atoms with Crippen LogP contribution in [0.1, 0.15) is 52.9 Å². The molecule has 9 heteroatoms. The molecule has 0 aliphatic carbocycles. The van der Waals surface area contributed by atoms with Crippen LogP contribution in [0, 0.1) is 19.8 Å². The van der Waals surface area contributed by atoms with Gasteiger partial charge in [-0.05, 0) is 32.3 Å². The highest BCUT2D eigenvalue weighted by Crippen LogP contribution is 2.19. The zero-order chi connectivity index (χ0) is 19.9. The molecule has 0 spiro atoms. The Morgan fingerprint density at radius 2 is 1.73 bits per heavy atom. The van der Waals surface area contributed by atoms with Crippen LogP contribution in [0.5, 0.6) is 0 Å². The molecule has 1 aromatic rings. The second kappa shape index (κ2) is 9.59. The number of ether oxygens (including phenoxy) is 2. The van der Waals surface area contributed by atoms with Crippen molar-refractivity contribution >= 4 is 23.9 Å². The Kier molecular flexibility index (Phi) is 7.82. The van der Waals surface area contributed by atoms with Crippen molar-refractivity contribution in [1.29, 1.82) is 0 Å². The van der Waals surface area contributed by atoms with Crippen molar-refractivity contribution in [3.63, 3.8) is 0 Å². The van der Waals surface area contributed by atoms with Crippen molar-refractivity contribution in [2.75, 3.05) is 19.8 Å². The number of hydrogen-bond acceptors (Lipinski definition) is 6. The summed E-state index contributed by atoms with van der Waals surface area (Å²) in [5, 5.41) is 4.57.